The second-order valence-corrected chi connectivity index (χ2v) is 8.67. The Labute approximate surface area is 182 Å². The minimum Gasteiger partial charge on any atom is -0.332 e. The largest absolute Gasteiger partial charge is 0.332 e. The molecule has 4 nitrogen and oxygen atoms in total. The van der Waals surface area contributed by atoms with Crippen LogP contribution in [0.2, 0.25) is 0 Å². The highest BCUT2D eigenvalue weighted by Crippen LogP contribution is 2.35. The number of hydrogen-bond donors (Lipinski definition) is 2. The fourth-order valence-electron chi connectivity index (χ4n) is 2.78. The van der Waals surface area contributed by atoms with E-state index in [0.29, 0.717) is 11.5 Å². The monoisotopic (exact) mass is 435 g/mol. The van der Waals surface area contributed by atoms with E-state index in [0.717, 1.165) is 21.7 Å². The number of amides is 1. The van der Waals surface area contributed by atoms with Crippen LogP contribution in [0.5, 0.6) is 0 Å². The van der Waals surface area contributed by atoms with Crippen LogP contribution in [0, 0.1) is 0 Å². The van der Waals surface area contributed by atoms with Crippen molar-refractivity contribution in [1.82, 2.24) is 10.3 Å². The van der Waals surface area contributed by atoms with Gasteiger partial charge in [0.2, 0.25) is 5.91 Å². The summed E-state index contributed by atoms with van der Waals surface area (Å²) in [5, 5.41) is 8.13. The number of thiophene rings is 1. The second-order valence-electron chi connectivity index (χ2n) is 6.24. The van der Waals surface area contributed by atoms with Crippen LogP contribution in [0.4, 0.5) is 5.69 Å². The number of benzene rings is 2. The Morgan fingerprint density at radius 2 is 1.83 bits per heavy atom. The lowest BCUT2D eigenvalue weighted by molar-refractivity contribution is -0.119. The zero-order valence-electron chi connectivity index (χ0n) is 15.3. The highest BCUT2D eigenvalue weighted by molar-refractivity contribution is 7.99. The van der Waals surface area contributed by atoms with Gasteiger partial charge < -0.3 is 10.6 Å². The van der Waals surface area contributed by atoms with Crippen molar-refractivity contribution in [2.75, 3.05) is 5.32 Å². The van der Waals surface area contributed by atoms with Gasteiger partial charge in [-0.25, -0.2) is 0 Å². The summed E-state index contributed by atoms with van der Waals surface area (Å²) in [4.78, 5) is 18.8. The number of anilines is 1. The molecule has 1 amide bonds. The van der Waals surface area contributed by atoms with Gasteiger partial charge in [0.1, 0.15) is 0 Å². The third-order valence-corrected chi connectivity index (χ3v) is 6.45. The summed E-state index contributed by atoms with van der Waals surface area (Å²) < 4.78 is 1.20. The smallest absolute Gasteiger partial charge is 0.230 e. The third kappa shape index (κ3) is 5.20. The van der Waals surface area contributed by atoms with Crippen LogP contribution < -0.4 is 10.6 Å². The van der Waals surface area contributed by atoms with Gasteiger partial charge in [-0.15, -0.1) is 11.3 Å². The Morgan fingerprint density at radius 3 is 2.62 bits per heavy atom. The molecule has 144 valence electrons. The molecule has 0 aliphatic rings. The molecule has 4 rings (SSSR count). The summed E-state index contributed by atoms with van der Waals surface area (Å²) in [5.74, 6) is -0.140. The first kappa shape index (κ1) is 19.6. The van der Waals surface area contributed by atoms with E-state index < -0.39 is 0 Å². The van der Waals surface area contributed by atoms with Crippen LogP contribution in [0.15, 0.2) is 88.1 Å². The van der Waals surface area contributed by atoms with Crippen molar-refractivity contribution >= 4 is 62.2 Å². The first-order valence-electron chi connectivity index (χ1n) is 8.92. The van der Waals surface area contributed by atoms with Crippen LogP contribution in [0.3, 0.4) is 0 Å². The van der Waals surface area contributed by atoms with Gasteiger partial charge in [0.25, 0.3) is 0 Å². The van der Waals surface area contributed by atoms with E-state index in [9.17, 15) is 4.79 Å². The molecule has 0 fully saturated rings. The maximum Gasteiger partial charge on any atom is 0.230 e. The highest BCUT2D eigenvalue weighted by atomic mass is 32.2. The average Bonchev–Trinajstić information content (AvgIpc) is 3.20. The number of rotatable bonds is 5. The minimum atomic E-state index is -0.140. The standard InChI is InChI=1S/C22H17N3OS3/c26-20(14-15-4-2-1-3-5-15)25-22(27)24-16-6-8-17(9-7-16)29-19-10-12-23-18-11-13-28-21(18)19/h1-13H,14H2,(H2,24,25,26,27). The Hall–Kier alpha value is -2.74. The van der Waals surface area contributed by atoms with Gasteiger partial charge in [-0.3, -0.25) is 9.78 Å². The van der Waals surface area contributed by atoms with Crippen LogP contribution in [-0.4, -0.2) is 16.0 Å². The molecule has 0 atom stereocenters. The van der Waals surface area contributed by atoms with Crippen molar-refractivity contribution in [3.63, 3.8) is 0 Å². The van der Waals surface area contributed by atoms with E-state index in [1.54, 1.807) is 23.1 Å². The van der Waals surface area contributed by atoms with E-state index in [2.05, 4.69) is 21.0 Å². The molecular formula is C22H17N3OS3. The predicted molar refractivity (Wildman–Crippen MR) is 125 cm³/mol. The molecule has 0 radical (unpaired) electrons. The molecule has 4 aromatic rings. The second kappa shape index (κ2) is 9.17. The molecule has 0 saturated heterocycles. The van der Waals surface area contributed by atoms with Gasteiger partial charge in [-0.2, -0.15) is 0 Å². The van der Waals surface area contributed by atoms with Crippen molar-refractivity contribution in [2.24, 2.45) is 0 Å². The predicted octanol–water partition coefficient (Wildman–Crippen LogP) is 5.50. The van der Waals surface area contributed by atoms with Crippen molar-refractivity contribution < 1.29 is 4.79 Å². The Balaban J connectivity index is 1.34. The summed E-state index contributed by atoms with van der Waals surface area (Å²) in [7, 11) is 0. The molecule has 2 aromatic heterocycles. The SMILES string of the molecule is O=C(Cc1ccccc1)NC(=S)Nc1ccc(Sc2ccnc3ccsc23)cc1. The molecule has 0 bridgehead atoms. The fraction of sp³-hybridized carbons (Fsp3) is 0.0455. The minimum absolute atomic E-state index is 0.140. The summed E-state index contributed by atoms with van der Waals surface area (Å²) in [6, 6.07) is 21.6. The number of fused-ring (bicyclic) bond motifs is 1. The normalized spacial score (nSPS) is 10.6. The van der Waals surface area contributed by atoms with E-state index >= 15 is 0 Å². The zero-order valence-corrected chi connectivity index (χ0v) is 17.7. The van der Waals surface area contributed by atoms with Crippen LogP contribution in [-0.2, 0) is 11.2 Å². The Bertz CT molecular complexity index is 1140. The van der Waals surface area contributed by atoms with Gasteiger partial charge in [0.15, 0.2) is 5.11 Å². The van der Waals surface area contributed by atoms with Crippen molar-refractivity contribution in [3.8, 4) is 0 Å². The maximum atomic E-state index is 12.1. The zero-order chi connectivity index (χ0) is 20.1. The van der Waals surface area contributed by atoms with Gasteiger partial charge in [0, 0.05) is 21.7 Å². The summed E-state index contributed by atoms with van der Waals surface area (Å²) in [6.45, 7) is 0. The molecule has 29 heavy (non-hydrogen) atoms. The molecule has 0 aliphatic heterocycles. The number of aromatic nitrogens is 1. The van der Waals surface area contributed by atoms with Crippen LogP contribution >= 0.6 is 35.3 Å². The molecular weight excluding hydrogens is 418 g/mol. The molecule has 2 heterocycles. The summed E-state index contributed by atoms with van der Waals surface area (Å²) in [6.07, 6.45) is 2.13. The lowest BCUT2D eigenvalue weighted by Gasteiger charge is -2.10. The van der Waals surface area contributed by atoms with Crippen molar-refractivity contribution in [3.05, 3.63) is 83.9 Å². The number of thiocarbonyl (C=S) groups is 1. The fourth-order valence-corrected chi connectivity index (χ4v) is 4.89. The van der Waals surface area contributed by atoms with E-state index in [-0.39, 0.29) is 5.91 Å². The van der Waals surface area contributed by atoms with E-state index in [1.165, 1.54) is 9.60 Å². The Morgan fingerprint density at radius 1 is 1.03 bits per heavy atom. The molecule has 0 aliphatic carbocycles. The molecule has 0 saturated carbocycles. The van der Waals surface area contributed by atoms with Gasteiger partial charge in [-0.05, 0) is 59.6 Å². The van der Waals surface area contributed by atoms with Crippen molar-refractivity contribution in [2.45, 2.75) is 16.2 Å². The summed E-state index contributed by atoms with van der Waals surface area (Å²) >= 11 is 8.65. The first-order valence-corrected chi connectivity index (χ1v) is 11.0. The van der Waals surface area contributed by atoms with Crippen LogP contribution in [0.25, 0.3) is 10.2 Å². The van der Waals surface area contributed by atoms with Gasteiger partial charge in [-0.1, -0.05) is 42.1 Å². The number of nitrogens with one attached hydrogen (secondary N) is 2. The first-order chi connectivity index (χ1) is 14.2. The number of carbonyl (C=O) groups excluding carboxylic acids is 1. The van der Waals surface area contributed by atoms with Gasteiger partial charge in [0.05, 0.1) is 16.6 Å². The molecule has 0 unspecified atom stereocenters. The number of pyridine rings is 1. The number of hydrogen-bond acceptors (Lipinski definition) is 5. The summed E-state index contributed by atoms with van der Waals surface area (Å²) in [5.41, 5.74) is 2.80. The van der Waals surface area contributed by atoms with Crippen LogP contribution in [0.1, 0.15) is 5.56 Å². The van der Waals surface area contributed by atoms with Gasteiger partial charge >= 0.3 is 0 Å². The molecule has 0 spiro atoms. The molecule has 2 aromatic carbocycles. The molecule has 2 N–H and O–H groups in total. The number of carbonyl (C=O) groups is 1. The maximum absolute atomic E-state index is 12.1. The van der Waals surface area contributed by atoms with E-state index in [4.69, 9.17) is 12.2 Å². The Kier molecular flexibility index (Phi) is 6.19. The average molecular weight is 436 g/mol. The quantitative estimate of drug-likeness (QED) is 0.405. The topological polar surface area (TPSA) is 54.0 Å². The number of nitrogens with zero attached hydrogens (tertiary/aromatic N) is 1. The molecule has 7 heteroatoms. The van der Waals surface area contributed by atoms with Crippen molar-refractivity contribution in [1.29, 1.82) is 0 Å². The highest BCUT2D eigenvalue weighted by Gasteiger charge is 2.08. The lowest BCUT2D eigenvalue weighted by atomic mass is 10.1. The third-order valence-electron chi connectivity index (χ3n) is 4.11. The van der Waals surface area contributed by atoms with E-state index in [1.807, 2.05) is 72.9 Å². The lowest BCUT2D eigenvalue weighted by Crippen LogP contribution is -2.35.